The summed E-state index contributed by atoms with van der Waals surface area (Å²) in [5.74, 6) is -1.41. The molecule has 3 unspecified atom stereocenters. The number of esters is 1. The van der Waals surface area contributed by atoms with Gasteiger partial charge in [-0.2, -0.15) is 0 Å². The van der Waals surface area contributed by atoms with Crippen LogP contribution >= 0.6 is 0 Å². The molecular weight excluding hydrogens is 592 g/mol. The summed E-state index contributed by atoms with van der Waals surface area (Å²) in [6.45, 7) is 11.2. The van der Waals surface area contributed by atoms with Gasteiger partial charge in [0, 0.05) is 6.42 Å². The standard InChI is InChI=1S/C39H48N2O6/c1-5-13-32(37(44)41-39(3,4)28-47-38(45)33(14-6-2)23-29-15-9-7-10-16-29)25-36(43)40-34(26-42)24-30-19-21-35(22-20-30)46-27-31-17-11-8-12-18-31/h5-12,15-22,32-34,42H,1-2,13-14,23-28H2,3-4H3,(H,40,43)(H,41,44). The maximum Gasteiger partial charge on any atom is 0.309 e. The minimum Gasteiger partial charge on any atom is -0.489 e. The summed E-state index contributed by atoms with van der Waals surface area (Å²) in [6.07, 6.45) is 4.90. The first-order valence-electron chi connectivity index (χ1n) is 16.0. The zero-order valence-corrected chi connectivity index (χ0v) is 27.5. The van der Waals surface area contributed by atoms with E-state index in [0.29, 0.717) is 25.9 Å². The van der Waals surface area contributed by atoms with E-state index in [4.69, 9.17) is 9.47 Å². The molecule has 0 saturated carbocycles. The second-order valence-electron chi connectivity index (χ2n) is 12.4. The molecule has 0 saturated heterocycles. The number of aliphatic hydroxyl groups is 1. The largest absolute Gasteiger partial charge is 0.489 e. The van der Waals surface area contributed by atoms with Gasteiger partial charge >= 0.3 is 5.97 Å². The Labute approximate surface area is 278 Å². The minimum atomic E-state index is -0.876. The summed E-state index contributed by atoms with van der Waals surface area (Å²) in [6, 6.07) is 26.6. The Morgan fingerprint density at radius 3 is 1.98 bits per heavy atom. The molecule has 3 aromatic carbocycles. The highest BCUT2D eigenvalue weighted by molar-refractivity contribution is 5.86. The summed E-state index contributed by atoms with van der Waals surface area (Å²) in [5.41, 5.74) is 2.15. The Hall–Kier alpha value is -4.69. The van der Waals surface area contributed by atoms with Crippen molar-refractivity contribution in [3.63, 3.8) is 0 Å². The Bertz CT molecular complexity index is 1420. The molecule has 0 aliphatic heterocycles. The number of hydrogen-bond donors (Lipinski definition) is 3. The van der Waals surface area contributed by atoms with Crippen LogP contribution in [0, 0.1) is 11.8 Å². The number of benzene rings is 3. The fraction of sp³-hybridized carbons (Fsp3) is 0.359. The molecule has 0 aromatic heterocycles. The van der Waals surface area contributed by atoms with E-state index in [9.17, 15) is 19.5 Å². The lowest BCUT2D eigenvalue weighted by Gasteiger charge is -2.29. The Kier molecular flexibility index (Phi) is 14.9. The van der Waals surface area contributed by atoms with Gasteiger partial charge in [0.15, 0.2) is 0 Å². The van der Waals surface area contributed by atoms with Crippen LogP contribution in [0.5, 0.6) is 5.75 Å². The predicted octanol–water partition coefficient (Wildman–Crippen LogP) is 5.74. The third-order valence-electron chi connectivity index (χ3n) is 7.64. The van der Waals surface area contributed by atoms with Crippen LogP contribution in [0.1, 0.15) is 49.8 Å². The summed E-state index contributed by atoms with van der Waals surface area (Å²) < 4.78 is 11.5. The first-order chi connectivity index (χ1) is 22.6. The SMILES string of the molecule is C=CCC(CC(=O)NC(CO)Cc1ccc(OCc2ccccc2)cc1)C(=O)NC(C)(C)COC(=O)C(CC=C)Cc1ccccc1. The van der Waals surface area contributed by atoms with E-state index in [0.717, 1.165) is 22.4 Å². The highest BCUT2D eigenvalue weighted by Gasteiger charge is 2.30. The first-order valence-corrected chi connectivity index (χ1v) is 16.0. The number of amides is 2. The molecule has 3 aromatic rings. The van der Waals surface area contributed by atoms with Crippen LogP contribution in [0.15, 0.2) is 110 Å². The van der Waals surface area contributed by atoms with Crippen molar-refractivity contribution < 1.29 is 29.0 Å². The monoisotopic (exact) mass is 640 g/mol. The third-order valence-corrected chi connectivity index (χ3v) is 7.64. The van der Waals surface area contributed by atoms with E-state index >= 15 is 0 Å². The molecule has 3 N–H and O–H groups in total. The highest BCUT2D eigenvalue weighted by Crippen LogP contribution is 2.19. The van der Waals surface area contributed by atoms with Crippen molar-refractivity contribution in [3.8, 4) is 5.75 Å². The van der Waals surface area contributed by atoms with Crippen LogP contribution in [-0.4, -0.2) is 47.7 Å². The molecule has 0 fully saturated rings. The van der Waals surface area contributed by atoms with Crippen molar-refractivity contribution in [2.45, 2.75) is 64.1 Å². The molecule has 0 radical (unpaired) electrons. The summed E-state index contributed by atoms with van der Waals surface area (Å²) in [7, 11) is 0. The number of nitrogens with one attached hydrogen (secondary N) is 2. The molecule has 0 bridgehead atoms. The maximum absolute atomic E-state index is 13.3. The quantitative estimate of drug-likeness (QED) is 0.107. The van der Waals surface area contributed by atoms with Gasteiger partial charge in [-0.1, -0.05) is 84.9 Å². The Morgan fingerprint density at radius 1 is 0.809 bits per heavy atom. The number of hydrogen-bond acceptors (Lipinski definition) is 6. The molecule has 47 heavy (non-hydrogen) atoms. The van der Waals surface area contributed by atoms with Gasteiger partial charge in [-0.25, -0.2) is 0 Å². The van der Waals surface area contributed by atoms with Gasteiger partial charge in [0.1, 0.15) is 19.0 Å². The minimum absolute atomic E-state index is 0.0321. The van der Waals surface area contributed by atoms with Crippen LogP contribution in [0.4, 0.5) is 0 Å². The lowest BCUT2D eigenvalue weighted by atomic mass is 9.96. The normalized spacial score (nSPS) is 13.0. The van der Waals surface area contributed by atoms with E-state index < -0.39 is 17.5 Å². The molecule has 3 rings (SSSR count). The molecule has 0 heterocycles. The smallest absolute Gasteiger partial charge is 0.309 e. The second kappa shape index (κ2) is 19.1. The van der Waals surface area contributed by atoms with Crippen LogP contribution in [0.25, 0.3) is 0 Å². The molecule has 250 valence electrons. The molecule has 0 spiro atoms. The molecule has 2 amide bonds. The topological polar surface area (TPSA) is 114 Å². The van der Waals surface area contributed by atoms with Crippen LogP contribution in [-0.2, 0) is 38.6 Å². The van der Waals surface area contributed by atoms with Crippen molar-refractivity contribution in [1.82, 2.24) is 10.6 Å². The van der Waals surface area contributed by atoms with Gasteiger partial charge < -0.3 is 25.2 Å². The van der Waals surface area contributed by atoms with Crippen molar-refractivity contribution in [2.75, 3.05) is 13.2 Å². The average Bonchev–Trinajstić information content (AvgIpc) is 3.07. The number of ether oxygens (including phenoxy) is 2. The molecule has 3 atom stereocenters. The summed E-state index contributed by atoms with van der Waals surface area (Å²) >= 11 is 0. The molecule has 0 aliphatic carbocycles. The average molecular weight is 641 g/mol. The fourth-order valence-electron chi connectivity index (χ4n) is 5.11. The molecular formula is C39H48N2O6. The number of carbonyl (C=O) groups excluding carboxylic acids is 3. The van der Waals surface area contributed by atoms with Gasteiger partial charge in [-0.3, -0.25) is 14.4 Å². The van der Waals surface area contributed by atoms with Crippen molar-refractivity contribution in [3.05, 3.63) is 127 Å². The summed E-state index contributed by atoms with van der Waals surface area (Å²) in [4.78, 5) is 39.2. The van der Waals surface area contributed by atoms with Gasteiger partial charge in [-0.15, -0.1) is 13.2 Å². The number of rotatable bonds is 20. The van der Waals surface area contributed by atoms with Crippen molar-refractivity contribution in [2.24, 2.45) is 11.8 Å². The Balaban J connectivity index is 1.49. The van der Waals surface area contributed by atoms with Gasteiger partial charge in [0.25, 0.3) is 0 Å². The highest BCUT2D eigenvalue weighted by atomic mass is 16.5. The lowest BCUT2D eigenvalue weighted by Crippen LogP contribution is -2.50. The second-order valence-corrected chi connectivity index (χ2v) is 12.4. The third kappa shape index (κ3) is 13.3. The zero-order chi connectivity index (χ0) is 34.1. The van der Waals surface area contributed by atoms with Crippen LogP contribution < -0.4 is 15.4 Å². The van der Waals surface area contributed by atoms with E-state index in [1.807, 2.05) is 84.9 Å². The molecule has 0 aliphatic rings. The van der Waals surface area contributed by atoms with Crippen LogP contribution in [0.2, 0.25) is 0 Å². The number of carbonyl (C=O) groups is 3. The van der Waals surface area contributed by atoms with E-state index in [1.54, 1.807) is 26.0 Å². The zero-order valence-electron chi connectivity index (χ0n) is 27.5. The first kappa shape index (κ1) is 36.8. The van der Waals surface area contributed by atoms with E-state index in [1.165, 1.54) is 0 Å². The van der Waals surface area contributed by atoms with Crippen molar-refractivity contribution in [1.29, 1.82) is 0 Å². The van der Waals surface area contributed by atoms with Crippen molar-refractivity contribution >= 4 is 17.8 Å². The molecule has 8 nitrogen and oxygen atoms in total. The van der Waals surface area contributed by atoms with Crippen LogP contribution in [0.3, 0.4) is 0 Å². The predicted molar refractivity (Wildman–Crippen MR) is 184 cm³/mol. The number of allylic oxidation sites excluding steroid dienone is 2. The van der Waals surface area contributed by atoms with Gasteiger partial charge in [0.05, 0.1) is 30.0 Å². The van der Waals surface area contributed by atoms with E-state index in [2.05, 4.69) is 23.8 Å². The number of aliphatic hydroxyl groups excluding tert-OH is 1. The Morgan fingerprint density at radius 2 is 1.38 bits per heavy atom. The van der Waals surface area contributed by atoms with E-state index in [-0.39, 0.29) is 49.8 Å². The summed E-state index contributed by atoms with van der Waals surface area (Å²) in [5, 5.41) is 15.8. The van der Waals surface area contributed by atoms with Gasteiger partial charge in [-0.05, 0) is 68.4 Å². The van der Waals surface area contributed by atoms with Gasteiger partial charge in [0.2, 0.25) is 11.8 Å². The lowest BCUT2D eigenvalue weighted by molar-refractivity contribution is -0.151. The molecule has 8 heteroatoms. The fourth-order valence-corrected chi connectivity index (χ4v) is 5.11. The maximum atomic E-state index is 13.3.